The zero-order valence-electron chi connectivity index (χ0n) is 10.9. The number of nitrogens with zero attached hydrogens (tertiary/aromatic N) is 1. The molecule has 0 aliphatic carbocycles. The van der Waals surface area contributed by atoms with E-state index in [0.29, 0.717) is 24.0 Å². The number of likely N-dealkylation sites (tertiary alicyclic amines) is 1. The lowest BCUT2D eigenvalue weighted by atomic mass is 10.1. The number of benzene rings is 1. The quantitative estimate of drug-likeness (QED) is 0.784. The van der Waals surface area contributed by atoms with Crippen LogP contribution in [0.25, 0.3) is 0 Å². The number of carbonyl (C=O) groups is 1. The lowest BCUT2D eigenvalue weighted by Gasteiger charge is -2.31. The van der Waals surface area contributed by atoms with E-state index in [2.05, 4.69) is 15.9 Å². The number of hydrogen-bond acceptors (Lipinski definition) is 2. The van der Waals surface area contributed by atoms with Gasteiger partial charge in [-0.1, -0.05) is 22.0 Å². The summed E-state index contributed by atoms with van der Waals surface area (Å²) < 4.78 is 31.5. The molecule has 20 heavy (non-hydrogen) atoms. The topological polar surface area (TPSA) is 29.5 Å². The third-order valence-electron chi connectivity index (χ3n) is 3.38. The van der Waals surface area contributed by atoms with Gasteiger partial charge in [0, 0.05) is 13.1 Å². The number of alkyl halides is 1. The normalized spacial score (nSPS) is 16.4. The number of rotatable bonds is 4. The Morgan fingerprint density at radius 2 is 2.00 bits per heavy atom. The fourth-order valence-electron chi connectivity index (χ4n) is 2.20. The van der Waals surface area contributed by atoms with Crippen molar-refractivity contribution in [2.45, 2.75) is 25.6 Å². The van der Waals surface area contributed by atoms with Crippen LogP contribution >= 0.6 is 15.9 Å². The van der Waals surface area contributed by atoms with Crippen molar-refractivity contribution < 1.29 is 18.3 Å². The molecule has 0 unspecified atom stereocenters. The van der Waals surface area contributed by atoms with Crippen LogP contribution in [0, 0.1) is 11.6 Å². The van der Waals surface area contributed by atoms with Gasteiger partial charge in [-0.2, -0.15) is 0 Å². The van der Waals surface area contributed by atoms with Crippen molar-refractivity contribution in [2.24, 2.45) is 0 Å². The maximum atomic E-state index is 13.0. The van der Waals surface area contributed by atoms with Crippen molar-refractivity contribution in [3.05, 3.63) is 35.4 Å². The summed E-state index contributed by atoms with van der Waals surface area (Å²) in [6, 6.07) is 3.77. The Labute approximate surface area is 125 Å². The van der Waals surface area contributed by atoms with E-state index >= 15 is 0 Å². The van der Waals surface area contributed by atoms with Gasteiger partial charge in [-0.05, 0) is 30.5 Å². The molecule has 2 rings (SSSR count). The smallest absolute Gasteiger partial charge is 0.233 e. The molecule has 1 saturated heterocycles. The van der Waals surface area contributed by atoms with E-state index in [1.54, 1.807) is 4.90 Å². The van der Waals surface area contributed by atoms with E-state index in [4.69, 9.17) is 4.74 Å². The second-order valence-corrected chi connectivity index (χ2v) is 5.33. The number of amides is 1. The van der Waals surface area contributed by atoms with Crippen LogP contribution in [0.4, 0.5) is 8.78 Å². The van der Waals surface area contributed by atoms with E-state index in [-0.39, 0.29) is 18.6 Å². The van der Waals surface area contributed by atoms with Gasteiger partial charge in [-0.25, -0.2) is 8.78 Å². The van der Waals surface area contributed by atoms with E-state index in [1.807, 2.05) is 0 Å². The Hall–Kier alpha value is -1.01. The summed E-state index contributed by atoms with van der Waals surface area (Å²) >= 11 is 3.15. The standard InChI is InChI=1S/C14H16BrF2NO2/c15-8-14(19)18-5-3-11(4-6-18)20-9-10-1-2-12(16)13(17)7-10/h1-2,7,11H,3-6,8-9H2. The highest BCUT2D eigenvalue weighted by atomic mass is 79.9. The average Bonchev–Trinajstić information content (AvgIpc) is 2.48. The van der Waals surface area contributed by atoms with Crippen LogP contribution in [0.15, 0.2) is 18.2 Å². The number of hydrogen-bond donors (Lipinski definition) is 0. The van der Waals surface area contributed by atoms with E-state index in [0.717, 1.165) is 25.0 Å². The maximum Gasteiger partial charge on any atom is 0.233 e. The van der Waals surface area contributed by atoms with E-state index < -0.39 is 11.6 Å². The van der Waals surface area contributed by atoms with Crippen molar-refractivity contribution in [3.63, 3.8) is 0 Å². The van der Waals surface area contributed by atoms with Gasteiger partial charge in [0.25, 0.3) is 0 Å². The van der Waals surface area contributed by atoms with Gasteiger partial charge in [-0.15, -0.1) is 0 Å². The lowest BCUT2D eigenvalue weighted by Crippen LogP contribution is -2.41. The Kier molecular flexibility index (Phi) is 5.48. The molecule has 110 valence electrons. The molecule has 1 aliphatic heterocycles. The van der Waals surface area contributed by atoms with Gasteiger partial charge in [0.1, 0.15) is 0 Å². The summed E-state index contributed by atoms with van der Waals surface area (Å²) in [5, 5.41) is 0.341. The molecule has 1 aliphatic rings. The molecule has 1 amide bonds. The zero-order valence-corrected chi connectivity index (χ0v) is 12.5. The molecule has 0 bridgehead atoms. The number of ether oxygens (including phenoxy) is 1. The minimum Gasteiger partial charge on any atom is -0.373 e. The molecule has 0 aromatic heterocycles. The fourth-order valence-corrected chi connectivity index (χ4v) is 2.55. The zero-order chi connectivity index (χ0) is 14.5. The summed E-state index contributed by atoms with van der Waals surface area (Å²) in [5.74, 6) is -1.62. The molecule has 1 aromatic rings. The fraction of sp³-hybridized carbons (Fsp3) is 0.500. The monoisotopic (exact) mass is 347 g/mol. The predicted molar refractivity (Wildman–Crippen MR) is 74.5 cm³/mol. The molecule has 0 radical (unpaired) electrons. The Balaban J connectivity index is 1.78. The second kappa shape index (κ2) is 7.13. The highest BCUT2D eigenvalue weighted by molar-refractivity contribution is 9.09. The SMILES string of the molecule is O=C(CBr)N1CCC(OCc2ccc(F)c(F)c2)CC1. The molecule has 0 saturated carbocycles. The minimum atomic E-state index is -0.858. The molecule has 0 atom stereocenters. The highest BCUT2D eigenvalue weighted by Crippen LogP contribution is 2.17. The van der Waals surface area contributed by atoms with E-state index in [1.165, 1.54) is 6.07 Å². The molecule has 0 spiro atoms. The van der Waals surface area contributed by atoms with Crippen LogP contribution < -0.4 is 0 Å². The summed E-state index contributed by atoms with van der Waals surface area (Å²) in [6.45, 7) is 1.61. The predicted octanol–water partition coefficient (Wildman–Crippen LogP) is 2.87. The van der Waals surface area contributed by atoms with Crippen molar-refractivity contribution in [2.75, 3.05) is 18.4 Å². The van der Waals surface area contributed by atoms with Gasteiger partial charge in [0.2, 0.25) is 5.91 Å². The summed E-state index contributed by atoms with van der Waals surface area (Å²) in [4.78, 5) is 13.3. The van der Waals surface area contributed by atoms with Gasteiger partial charge in [0.05, 0.1) is 18.0 Å². The van der Waals surface area contributed by atoms with Crippen molar-refractivity contribution in [1.29, 1.82) is 0 Å². The second-order valence-electron chi connectivity index (χ2n) is 4.77. The van der Waals surface area contributed by atoms with Crippen molar-refractivity contribution >= 4 is 21.8 Å². The first-order valence-corrected chi connectivity index (χ1v) is 7.61. The van der Waals surface area contributed by atoms with Crippen LogP contribution in [-0.2, 0) is 16.1 Å². The molecule has 6 heteroatoms. The van der Waals surface area contributed by atoms with Crippen LogP contribution in [0.5, 0.6) is 0 Å². The summed E-state index contributed by atoms with van der Waals surface area (Å²) in [5.41, 5.74) is 0.614. The van der Waals surface area contributed by atoms with Gasteiger partial charge < -0.3 is 9.64 Å². The van der Waals surface area contributed by atoms with Crippen molar-refractivity contribution in [1.82, 2.24) is 4.90 Å². The van der Waals surface area contributed by atoms with E-state index in [9.17, 15) is 13.6 Å². The highest BCUT2D eigenvalue weighted by Gasteiger charge is 2.22. The summed E-state index contributed by atoms with van der Waals surface area (Å²) in [6.07, 6.45) is 1.59. The molecular weight excluding hydrogens is 332 g/mol. The Morgan fingerprint density at radius 3 is 2.60 bits per heavy atom. The van der Waals surface area contributed by atoms with Gasteiger partial charge >= 0.3 is 0 Å². The van der Waals surface area contributed by atoms with Crippen LogP contribution in [0.1, 0.15) is 18.4 Å². The van der Waals surface area contributed by atoms with Crippen LogP contribution in [0.2, 0.25) is 0 Å². The number of piperidine rings is 1. The molecular formula is C14H16BrF2NO2. The van der Waals surface area contributed by atoms with Crippen molar-refractivity contribution in [3.8, 4) is 0 Å². The third-order valence-corrected chi connectivity index (χ3v) is 3.86. The number of carbonyl (C=O) groups excluding carboxylic acids is 1. The maximum absolute atomic E-state index is 13.0. The first-order valence-electron chi connectivity index (χ1n) is 6.49. The summed E-state index contributed by atoms with van der Waals surface area (Å²) in [7, 11) is 0. The Morgan fingerprint density at radius 1 is 1.30 bits per heavy atom. The van der Waals surface area contributed by atoms with Crippen LogP contribution in [-0.4, -0.2) is 35.3 Å². The largest absolute Gasteiger partial charge is 0.373 e. The first kappa shape index (κ1) is 15.4. The molecule has 3 nitrogen and oxygen atoms in total. The average molecular weight is 348 g/mol. The van der Waals surface area contributed by atoms with Crippen LogP contribution in [0.3, 0.4) is 0 Å². The molecule has 1 fully saturated rings. The Bertz CT molecular complexity index is 476. The van der Waals surface area contributed by atoms with Gasteiger partial charge in [-0.3, -0.25) is 4.79 Å². The molecule has 1 aromatic carbocycles. The molecule has 0 N–H and O–H groups in total. The number of halogens is 3. The van der Waals surface area contributed by atoms with Gasteiger partial charge in [0.15, 0.2) is 11.6 Å². The molecule has 1 heterocycles. The third kappa shape index (κ3) is 3.99. The minimum absolute atomic E-state index is 0.0579. The lowest BCUT2D eigenvalue weighted by molar-refractivity contribution is -0.131. The first-order chi connectivity index (χ1) is 9.60.